The lowest BCUT2D eigenvalue weighted by atomic mass is 10.0. The van der Waals surface area contributed by atoms with E-state index < -0.39 is 5.60 Å². The van der Waals surface area contributed by atoms with Crippen LogP contribution < -0.4 is 5.32 Å². The van der Waals surface area contributed by atoms with E-state index in [1.54, 1.807) is 6.08 Å². The van der Waals surface area contributed by atoms with Crippen LogP contribution in [-0.2, 0) is 4.79 Å². The molecule has 0 unspecified atom stereocenters. The van der Waals surface area contributed by atoms with Crippen molar-refractivity contribution in [2.45, 2.75) is 38.2 Å². The number of hydrogen-bond donors (Lipinski definition) is 2. The fourth-order valence-electron chi connectivity index (χ4n) is 2.47. The largest absolute Gasteiger partial charge is 0.388 e. The number of aliphatic hydroxyl groups is 1. The third kappa shape index (κ3) is 4.21. The number of rotatable bonds is 4. The van der Waals surface area contributed by atoms with Gasteiger partial charge in [-0.15, -0.1) is 0 Å². The molecule has 0 heterocycles. The average Bonchev–Trinajstić information content (AvgIpc) is 2.82. The summed E-state index contributed by atoms with van der Waals surface area (Å²) in [5.74, 6) is -0.151. The molecule has 2 rings (SSSR count). The fourth-order valence-corrected chi connectivity index (χ4v) is 2.47. The Balaban J connectivity index is 1.84. The molecule has 1 amide bonds. The Morgan fingerprint density at radius 2 is 2.16 bits per heavy atom. The van der Waals surface area contributed by atoms with Gasteiger partial charge in [0.1, 0.15) is 0 Å². The Hall–Kier alpha value is -1.61. The molecule has 1 aliphatic carbocycles. The highest BCUT2D eigenvalue weighted by Gasteiger charge is 2.30. The van der Waals surface area contributed by atoms with Crippen LogP contribution in [0, 0.1) is 6.92 Å². The van der Waals surface area contributed by atoms with Gasteiger partial charge in [0.2, 0.25) is 5.91 Å². The second-order valence-corrected chi connectivity index (χ2v) is 5.40. The first kappa shape index (κ1) is 13.8. The molecule has 0 radical (unpaired) electrons. The molecule has 0 spiro atoms. The summed E-state index contributed by atoms with van der Waals surface area (Å²) < 4.78 is 0. The van der Waals surface area contributed by atoms with Gasteiger partial charge in [-0.2, -0.15) is 0 Å². The molecule has 3 nitrogen and oxygen atoms in total. The second-order valence-electron chi connectivity index (χ2n) is 5.40. The lowest BCUT2D eigenvalue weighted by Gasteiger charge is -2.21. The van der Waals surface area contributed by atoms with E-state index in [0.29, 0.717) is 6.54 Å². The zero-order valence-electron chi connectivity index (χ0n) is 11.4. The predicted molar refractivity (Wildman–Crippen MR) is 76.6 cm³/mol. The predicted octanol–water partition coefficient (Wildman–Crippen LogP) is 2.43. The molecular weight excluding hydrogens is 238 g/mol. The molecule has 0 aromatic heterocycles. The standard InChI is InChI=1S/C16H21NO2/c1-13-5-4-6-14(11-13)7-8-15(18)17-12-16(19)9-2-3-10-16/h4-8,11,19H,2-3,9-10,12H2,1H3,(H,17,18)/b8-7+. The van der Waals surface area contributed by atoms with Crippen LogP contribution in [0.1, 0.15) is 36.8 Å². The van der Waals surface area contributed by atoms with Crippen molar-refractivity contribution in [2.24, 2.45) is 0 Å². The van der Waals surface area contributed by atoms with Crippen LogP contribution >= 0.6 is 0 Å². The molecule has 102 valence electrons. The quantitative estimate of drug-likeness (QED) is 0.816. The highest BCUT2D eigenvalue weighted by atomic mass is 16.3. The maximum absolute atomic E-state index is 11.7. The highest BCUT2D eigenvalue weighted by Crippen LogP contribution is 2.28. The minimum atomic E-state index is -0.688. The molecule has 0 aliphatic heterocycles. The lowest BCUT2D eigenvalue weighted by molar-refractivity contribution is -0.117. The number of carbonyl (C=O) groups excluding carboxylic acids is 1. The fraction of sp³-hybridized carbons (Fsp3) is 0.438. The number of carbonyl (C=O) groups is 1. The van der Waals surface area contributed by atoms with Crippen molar-refractivity contribution in [3.05, 3.63) is 41.5 Å². The molecule has 1 saturated carbocycles. The van der Waals surface area contributed by atoms with E-state index in [1.807, 2.05) is 31.2 Å². The summed E-state index contributed by atoms with van der Waals surface area (Å²) in [5.41, 5.74) is 1.49. The monoisotopic (exact) mass is 259 g/mol. The SMILES string of the molecule is Cc1cccc(/C=C/C(=O)NCC2(O)CCCC2)c1. The summed E-state index contributed by atoms with van der Waals surface area (Å²) in [6, 6.07) is 7.97. The summed E-state index contributed by atoms with van der Waals surface area (Å²) in [6.45, 7) is 2.37. The van der Waals surface area contributed by atoms with Gasteiger partial charge in [-0.1, -0.05) is 42.7 Å². The van der Waals surface area contributed by atoms with Crippen molar-refractivity contribution in [1.82, 2.24) is 5.32 Å². The van der Waals surface area contributed by atoms with Crippen molar-refractivity contribution in [3.8, 4) is 0 Å². The number of nitrogens with one attached hydrogen (secondary N) is 1. The first-order valence-electron chi connectivity index (χ1n) is 6.82. The van der Waals surface area contributed by atoms with Crippen LogP contribution in [0.15, 0.2) is 30.3 Å². The molecular formula is C16H21NO2. The zero-order valence-corrected chi connectivity index (χ0v) is 11.4. The Bertz CT molecular complexity index is 473. The van der Waals surface area contributed by atoms with E-state index in [-0.39, 0.29) is 5.91 Å². The summed E-state index contributed by atoms with van der Waals surface area (Å²) in [7, 11) is 0. The molecule has 2 N–H and O–H groups in total. The molecule has 1 aromatic carbocycles. The van der Waals surface area contributed by atoms with Crippen LogP contribution in [0.3, 0.4) is 0 Å². The maximum atomic E-state index is 11.7. The van der Waals surface area contributed by atoms with Gasteiger partial charge in [0.05, 0.1) is 5.60 Å². The van der Waals surface area contributed by atoms with Gasteiger partial charge in [-0.3, -0.25) is 4.79 Å². The molecule has 1 aliphatic rings. The topological polar surface area (TPSA) is 49.3 Å². The van der Waals surface area contributed by atoms with Crippen molar-refractivity contribution in [3.63, 3.8) is 0 Å². The molecule has 3 heteroatoms. The number of hydrogen-bond acceptors (Lipinski definition) is 2. The number of benzene rings is 1. The Labute approximate surface area is 114 Å². The molecule has 1 fully saturated rings. The normalized spacial score (nSPS) is 17.8. The molecule has 0 bridgehead atoms. The highest BCUT2D eigenvalue weighted by molar-refractivity contribution is 5.91. The minimum absolute atomic E-state index is 0.151. The smallest absolute Gasteiger partial charge is 0.244 e. The molecule has 0 atom stereocenters. The minimum Gasteiger partial charge on any atom is -0.388 e. The molecule has 1 aromatic rings. The van der Waals surface area contributed by atoms with Crippen LogP contribution in [-0.4, -0.2) is 23.2 Å². The second kappa shape index (κ2) is 6.02. The van der Waals surface area contributed by atoms with E-state index in [1.165, 1.54) is 11.6 Å². The van der Waals surface area contributed by atoms with Crippen molar-refractivity contribution in [2.75, 3.05) is 6.54 Å². The summed E-state index contributed by atoms with van der Waals surface area (Å²) in [5, 5.41) is 12.9. The van der Waals surface area contributed by atoms with Gasteiger partial charge in [0.15, 0.2) is 0 Å². The molecule has 19 heavy (non-hydrogen) atoms. The Morgan fingerprint density at radius 3 is 2.84 bits per heavy atom. The van der Waals surface area contributed by atoms with E-state index in [0.717, 1.165) is 31.2 Å². The first-order valence-corrected chi connectivity index (χ1v) is 6.82. The van der Waals surface area contributed by atoms with Crippen LogP contribution in [0.5, 0.6) is 0 Å². The number of aryl methyl sites for hydroxylation is 1. The van der Waals surface area contributed by atoms with Crippen LogP contribution in [0.25, 0.3) is 6.08 Å². The van der Waals surface area contributed by atoms with Crippen LogP contribution in [0.2, 0.25) is 0 Å². The van der Waals surface area contributed by atoms with Gasteiger partial charge < -0.3 is 10.4 Å². The third-order valence-corrected chi connectivity index (χ3v) is 3.60. The van der Waals surface area contributed by atoms with Gasteiger partial charge >= 0.3 is 0 Å². The van der Waals surface area contributed by atoms with Crippen molar-refractivity contribution in [1.29, 1.82) is 0 Å². The van der Waals surface area contributed by atoms with Gasteiger partial charge in [-0.05, 0) is 31.4 Å². The van der Waals surface area contributed by atoms with E-state index in [2.05, 4.69) is 5.32 Å². The maximum Gasteiger partial charge on any atom is 0.244 e. The summed E-state index contributed by atoms with van der Waals surface area (Å²) >= 11 is 0. The summed E-state index contributed by atoms with van der Waals surface area (Å²) in [6.07, 6.45) is 6.98. The van der Waals surface area contributed by atoms with Gasteiger partial charge in [0.25, 0.3) is 0 Å². The Morgan fingerprint density at radius 1 is 1.42 bits per heavy atom. The summed E-state index contributed by atoms with van der Waals surface area (Å²) in [4.78, 5) is 11.7. The number of amides is 1. The Kier molecular flexibility index (Phi) is 4.38. The van der Waals surface area contributed by atoms with E-state index in [4.69, 9.17) is 0 Å². The molecule has 0 saturated heterocycles. The average molecular weight is 259 g/mol. The third-order valence-electron chi connectivity index (χ3n) is 3.60. The van der Waals surface area contributed by atoms with Crippen molar-refractivity contribution < 1.29 is 9.90 Å². The van der Waals surface area contributed by atoms with E-state index >= 15 is 0 Å². The van der Waals surface area contributed by atoms with Crippen LogP contribution in [0.4, 0.5) is 0 Å². The van der Waals surface area contributed by atoms with Gasteiger partial charge in [-0.25, -0.2) is 0 Å². The van der Waals surface area contributed by atoms with Crippen molar-refractivity contribution >= 4 is 12.0 Å². The zero-order chi connectivity index (χ0) is 13.7. The van der Waals surface area contributed by atoms with Gasteiger partial charge in [0, 0.05) is 12.6 Å². The van der Waals surface area contributed by atoms with E-state index in [9.17, 15) is 9.90 Å². The lowest BCUT2D eigenvalue weighted by Crippen LogP contribution is -2.40. The first-order chi connectivity index (χ1) is 9.07.